The largest absolute Gasteiger partial charge is 0.501 e. The molecular weight excluding hydrogens is 112 g/mol. The number of hydrogen-bond acceptors (Lipinski definition) is 1. The minimum Gasteiger partial charge on any atom is -0.501 e. The molecule has 1 fully saturated rings. The van der Waals surface area contributed by atoms with Crippen LogP contribution in [0.4, 0.5) is 0 Å². The third-order valence-electron chi connectivity index (χ3n) is 2.24. The second kappa shape index (κ2) is 2.05. The third kappa shape index (κ3) is 0.958. The first-order valence-electron chi connectivity index (χ1n) is 3.74. The number of allylic oxidation sites excluding steroid dienone is 1. The summed E-state index contributed by atoms with van der Waals surface area (Å²) < 4.78 is 5.27. The number of fused-ring (bicyclic) bond motifs is 2. The fourth-order valence-electron chi connectivity index (χ4n) is 1.74. The molecule has 1 atom stereocenters. The molecule has 2 aliphatic rings. The summed E-state index contributed by atoms with van der Waals surface area (Å²) in [6, 6.07) is 0. The molecule has 1 nitrogen and oxygen atoms in total. The van der Waals surface area contributed by atoms with Gasteiger partial charge in [0.2, 0.25) is 0 Å². The average Bonchev–Trinajstić information content (AvgIpc) is 1.88. The van der Waals surface area contributed by atoms with Crippen LogP contribution in [-0.4, -0.2) is 6.61 Å². The van der Waals surface area contributed by atoms with Crippen molar-refractivity contribution in [2.45, 2.75) is 25.7 Å². The highest BCUT2D eigenvalue weighted by Gasteiger charge is 2.20. The van der Waals surface area contributed by atoms with E-state index in [1.165, 1.54) is 31.3 Å². The maximum absolute atomic E-state index is 5.27. The van der Waals surface area contributed by atoms with Gasteiger partial charge >= 0.3 is 0 Å². The minimum absolute atomic E-state index is 0.860. The van der Waals surface area contributed by atoms with Crippen molar-refractivity contribution < 1.29 is 4.74 Å². The summed E-state index contributed by atoms with van der Waals surface area (Å²) in [6.07, 6.45) is 7.35. The molecule has 0 amide bonds. The van der Waals surface area contributed by atoms with E-state index in [2.05, 4.69) is 0 Å². The molecule has 1 heteroatoms. The molecule has 0 saturated heterocycles. The van der Waals surface area contributed by atoms with Crippen molar-refractivity contribution in [1.82, 2.24) is 0 Å². The summed E-state index contributed by atoms with van der Waals surface area (Å²) in [5.41, 5.74) is 1.54. The lowest BCUT2D eigenvalue weighted by Gasteiger charge is -2.27. The van der Waals surface area contributed by atoms with E-state index in [1.807, 2.05) is 6.26 Å². The van der Waals surface area contributed by atoms with Crippen LogP contribution in [0.1, 0.15) is 25.7 Å². The van der Waals surface area contributed by atoms with Gasteiger partial charge in [0.15, 0.2) is 0 Å². The Hall–Kier alpha value is -0.460. The van der Waals surface area contributed by atoms with Gasteiger partial charge in [-0.2, -0.15) is 0 Å². The lowest BCUT2D eigenvalue weighted by Crippen LogP contribution is -2.17. The van der Waals surface area contributed by atoms with Gasteiger partial charge in [0.25, 0.3) is 0 Å². The Bertz CT molecular complexity index is 138. The standard InChI is InChI=1S/C8H12O/c1-2-7-4-8(3-1)6-9-5-7/h5,8H,1-4,6H2. The van der Waals surface area contributed by atoms with E-state index in [0.29, 0.717) is 0 Å². The molecule has 1 saturated carbocycles. The molecule has 0 N–H and O–H groups in total. The second-order valence-corrected chi connectivity index (χ2v) is 3.07. The van der Waals surface area contributed by atoms with Gasteiger partial charge in [-0.15, -0.1) is 0 Å². The summed E-state index contributed by atoms with van der Waals surface area (Å²) in [7, 11) is 0. The van der Waals surface area contributed by atoms with E-state index in [9.17, 15) is 0 Å². The van der Waals surface area contributed by atoms with Gasteiger partial charge in [0, 0.05) is 0 Å². The molecule has 0 aromatic heterocycles. The quantitative estimate of drug-likeness (QED) is 0.480. The monoisotopic (exact) mass is 124 g/mol. The number of hydrogen-bond donors (Lipinski definition) is 0. The predicted molar refractivity (Wildman–Crippen MR) is 36.0 cm³/mol. The molecule has 50 valence electrons. The Morgan fingerprint density at radius 3 is 3.33 bits per heavy atom. The molecule has 9 heavy (non-hydrogen) atoms. The van der Waals surface area contributed by atoms with E-state index in [-0.39, 0.29) is 0 Å². The Kier molecular flexibility index (Phi) is 1.22. The van der Waals surface area contributed by atoms with Gasteiger partial charge < -0.3 is 4.74 Å². The summed E-state index contributed by atoms with van der Waals surface area (Å²) in [6.45, 7) is 0.976. The number of ether oxygens (including phenoxy) is 1. The van der Waals surface area contributed by atoms with Gasteiger partial charge in [-0.05, 0) is 37.2 Å². The van der Waals surface area contributed by atoms with Crippen molar-refractivity contribution in [3.05, 3.63) is 11.8 Å². The molecule has 1 aliphatic carbocycles. The first kappa shape index (κ1) is 5.33. The average molecular weight is 124 g/mol. The summed E-state index contributed by atoms with van der Waals surface area (Å²) in [4.78, 5) is 0. The molecule has 0 radical (unpaired) electrons. The summed E-state index contributed by atoms with van der Waals surface area (Å²) >= 11 is 0. The van der Waals surface area contributed by atoms with Crippen molar-refractivity contribution in [3.8, 4) is 0 Å². The van der Waals surface area contributed by atoms with Crippen LogP contribution in [0.15, 0.2) is 11.8 Å². The van der Waals surface area contributed by atoms with E-state index >= 15 is 0 Å². The first-order valence-corrected chi connectivity index (χ1v) is 3.74. The smallest absolute Gasteiger partial charge is 0.0904 e. The molecule has 2 rings (SSSR count). The zero-order valence-electron chi connectivity index (χ0n) is 5.60. The third-order valence-corrected chi connectivity index (χ3v) is 2.24. The molecule has 1 aliphatic heterocycles. The van der Waals surface area contributed by atoms with Crippen molar-refractivity contribution in [2.75, 3.05) is 6.61 Å². The van der Waals surface area contributed by atoms with Crippen LogP contribution < -0.4 is 0 Å². The summed E-state index contributed by atoms with van der Waals surface area (Å²) in [5, 5.41) is 0. The molecule has 0 aromatic rings. The summed E-state index contributed by atoms with van der Waals surface area (Å²) in [5.74, 6) is 0.860. The van der Waals surface area contributed by atoms with Crippen LogP contribution in [0.2, 0.25) is 0 Å². The Morgan fingerprint density at radius 2 is 2.56 bits per heavy atom. The fourth-order valence-corrected chi connectivity index (χ4v) is 1.74. The number of rotatable bonds is 0. The lowest BCUT2D eigenvalue weighted by molar-refractivity contribution is 0.149. The van der Waals surface area contributed by atoms with Gasteiger partial charge in [-0.1, -0.05) is 0 Å². The topological polar surface area (TPSA) is 9.23 Å². The maximum Gasteiger partial charge on any atom is 0.0904 e. The van der Waals surface area contributed by atoms with E-state index in [0.717, 1.165) is 12.5 Å². The van der Waals surface area contributed by atoms with Crippen LogP contribution in [0, 0.1) is 5.92 Å². The van der Waals surface area contributed by atoms with Gasteiger partial charge in [-0.3, -0.25) is 0 Å². The van der Waals surface area contributed by atoms with E-state index in [1.54, 1.807) is 0 Å². The van der Waals surface area contributed by atoms with Crippen LogP contribution in [0.5, 0.6) is 0 Å². The van der Waals surface area contributed by atoms with Gasteiger partial charge in [0.05, 0.1) is 12.9 Å². The minimum atomic E-state index is 0.860. The van der Waals surface area contributed by atoms with Crippen molar-refractivity contribution >= 4 is 0 Å². The molecule has 0 aromatic carbocycles. The molecule has 1 heterocycles. The van der Waals surface area contributed by atoms with E-state index < -0.39 is 0 Å². The Morgan fingerprint density at radius 1 is 1.56 bits per heavy atom. The maximum atomic E-state index is 5.27. The molecule has 1 unspecified atom stereocenters. The highest BCUT2D eigenvalue weighted by molar-refractivity contribution is 5.05. The normalized spacial score (nSPS) is 32.9. The Labute approximate surface area is 55.7 Å². The van der Waals surface area contributed by atoms with Crippen LogP contribution in [0.3, 0.4) is 0 Å². The van der Waals surface area contributed by atoms with Gasteiger partial charge in [-0.25, -0.2) is 0 Å². The lowest BCUT2D eigenvalue weighted by atomic mass is 9.85. The second-order valence-electron chi connectivity index (χ2n) is 3.07. The van der Waals surface area contributed by atoms with Crippen LogP contribution >= 0.6 is 0 Å². The zero-order chi connectivity index (χ0) is 6.10. The van der Waals surface area contributed by atoms with Crippen molar-refractivity contribution in [2.24, 2.45) is 5.92 Å². The fraction of sp³-hybridized carbons (Fsp3) is 0.750. The van der Waals surface area contributed by atoms with Gasteiger partial charge in [0.1, 0.15) is 0 Å². The molecular formula is C8H12O. The highest BCUT2D eigenvalue weighted by atomic mass is 16.5. The van der Waals surface area contributed by atoms with Crippen LogP contribution in [-0.2, 0) is 4.74 Å². The SMILES string of the molecule is C1=C2CCCC(CO1)C2. The first-order chi connectivity index (χ1) is 4.45. The zero-order valence-corrected chi connectivity index (χ0v) is 5.60. The predicted octanol–water partition coefficient (Wildman–Crippen LogP) is 2.09. The van der Waals surface area contributed by atoms with Crippen molar-refractivity contribution in [3.63, 3.8) is 0 Å². The molecule has 2 bridgehead atoms. The van der Waals surface area contributed by atoms with Crippen LogP contribution in [0.25, 0.3) is 0 Å². The highest BCUT2D eigenvalue weighted by Crippen LogP contribution is 2.31. The Balaban J connectivity index is 2.13. The van der Waals surface area contributed by atoms with Crippen molar-refractivity contribution in [1.29, 1.82) is 0 Å². The molecule has 0 spiro atoms. The van der Waals surface area contributed by atoms with E-state index in [4.69, 9.17) is 4.74 Å².